The van der Waals surface area contributed by atoms with Gasteiger partial charge in [0.05, 0.1) is 16.8 Å². The Bertz CT molecular complexity index is 966. The quantitative estimate of drug-likeness (QED) is 0.417. The van der Waals surface area contributed by atoms with Gasteiger partial charge in [-0.2, -0.15) is 0 Å². The lowest BCUT2D eigenvalue weighted by Gasteiger charge is -2.22. The SMILES string of the molecule is CCCCOc1ccc(C(=O)N(CCN(C)C)c2nc3ccc(CC)cc3s2)cc1. The molecule has 1 aromatic heterocycles. The Balaban J connectivity index is 1.84. The first-order valence-corrected chi connectivity index (χ1v) is 11.4. The monoisotopic (exact) mass is 425 g/mol. The third kappa shape index (κ3) is 5.58. The number of rotatable bonds is 10. The fraction of sp³-hybridized carbons (Fsp3) is 0.417. The molecule has 0 atom stereocenters. The molecule has 3 rings (SSSR count). The molecule has 6 heteroatoms. The second kappa shape index (κ2) is 10.5. The van der Waals surface area contributed by atoms with E-state index in [1.807, 2.05) is 44.4 Å². The van der Waals surface area contributed by atoms with Crippen molar-refractivity contribution in [2.45, 2.75) is 33.1 Å². The predicted octanol–water partition coefficient (Wildman–Crippen LogP) is 5.25. The normalized spacial score (nSPS) is 11.2. The van der Waals surface area contributed by atoms with E-state index in [0.29, 0.717) is 18.7 Å². The van der Waals surface area contributed by atoms with Gasteiger partial charge in [-0.05, 0) is 68.9 Å². The second-order valence-corrected chi connectivity index (χ2v) is 8.65. The highest BCUT2D eigenvalue weighted by atomic mass is 32.1. The van der Waals surface area contributed by atoms with Crippen molar-refractivity contribution in [3.63, 3.8) is 0 Å². The van der Waals surface area contributed by atoms with E-state index >= 15 is 0 Å². The molecule has 0 N–H and O–H groups in total. The van der Waals surface area contributed by atoms with Crippen molar-refractivity contribution in [2.24, 2.45) is 0 Å². The van der Waals surface area contributed by atoms with Crippen molar-refractivity contribution in [3.8, 4) is 5.75 Å². The summed E-state index contributed by atoms with van der Waals surface area (Å²) in [5.74, 6) is 0.763. The maximum atomic E-state index is 13.4. The molecule has 0 fully saturated rings. The van der Waals surface area contributed by atoms with Gasteiger partial charge >= 0.3 is 0 Å². The van der Waals surface area contributed by atoms with Gasteiger partial charge in [0.15, 0.2) is 5.13 Å². The molecule has 30 heavy (non-hydrogen) atoms. The highest BCUT2D eigenvalue weighted by Crippen LogP contribution is 2.31. The van der Waals surface area contributed by atoms with Gasteiger partial charge in [-0.25, -0.2) is 4.98 Å². The number of carbonyl (C=O) groups excluding carboxylic acids is 1. The van der Waals surface area contributed by atoms with E-state index in [0.717, 1.165) is 46.9 Å². The first-order valence-electron chi connectivity index (χ1n) is 10.6. The van der Waals surface area contributed by atoms with E-state index < -0.39 is 0 Å². The van der Waals surface area contributed by atoms with E-state index in [-0.39, 0.29) is 5.91 Å². The van der Waals surface area contributed by atoms with Crippen molar-refractivity contribution in [1.82, 2.24) is 9.88 Å². The number of unbranched alkanes of at least 4 members (excludes halogenated alkanes) is 1. The zero-order chi connectivity index (χ0) is 21.5. The zero-order valence-corrected chi connectivity index (χ0v) is 19.2. The van der Waals surface area contributed by atoms with E-state index in [9.17, 15) is 4.79 Å². The van der Waals surface area contributed by atoms with Crippen LogP contribution in [-0.4, -0.2) is 49.6 Å². The van der Waals surface area contributed by atoms with Gasteiger partial charge < -0.3 is 9.64 Å². The zero-order valence-electron chi connectivity index (χ0n) is 18.4. The molecule has 0 aliphatic rings. The van der Waals surface area contributed by atoms with E-state index in [1.54, 1.807) is 16.2 Å². The fourth-order valence-corrected chi connectivity index (χ4v) is 4.11. The summed E-state index contributed by atoms with van der Waals surface area (Å²) in [7, 11) is 4.02. The van der Waals surface area contributed by atoms with Crippen LogP contribution in [0.25, 0.3) is 10.2 Å². The second-order valence-electron chi connectivity index (χ2n) is 7.64. The fourth-order valence-electron chi connectivity index (χ4n) is 3.06. The maximum Gasteiger partial charge on any atom is 0.260 e. The molecule has 1 heterocycles. The number of amides is 1. The number of ether oxygens (including phenoxy) is 1. The van der Waals surface area contributed by atoms with Crippen LogP contribution in [-0.2, 0) is 6.42 Å². The van der Waals surface area contributed by atoms with Crippen LogP contribution in [0.2, 0.25) is 0 Å². The van der Waals surface area contributed by atoms with Crippen molar-refractivity contribution in [2.75, 3.05) is 38.7 Å². The van der Waals surface area contributed by atoms with Crippen LogP contribution in [0.3, 0.4) is 0 Å². The van der Waals surface area contributed by atoms with E-state index in [1.165, 1.54) is 5.56 Å². The lowest BCUT2D eigenvalue weighted by Crippen LogP contribution is -2.36. The Labute approximate surface area is 183 Å². The summed E-state index contributed by atoms with van der Waals surface area (Å²) < 4.78 is 6.84. The standard InChI is InChI=1S/C24H31N3O2S/c1-5-7-16-29-20-11-9-19(10-12-20)23(28)27(15-14-26(3)4)24-25-21-13-8-18(6-2)17-22(21)30-24/h8-13,17H,5-7,14-16H2,1-4H3. The minimum absolute atomic E-state index is 0.0354. The van der Waals surface area contributed by atoms with E-state index in [2.05, 4.69) is 30.9 Å². The lowest BCUT2D eigenvalue weighted by molar-refractivity contribution is 0.0985. The third-order valence-electron chi connectivity index (χ3n) is 4.96. The molecular weight excluding hydrogens is 394 g/mol. The number of benzene rings is 2. The molecule has 160 valence electrons. The molecule has 0 radical (unpaired) electrons. The molecule has 5 nitrogen and oxygen atoms in total. The van der Waals surface area contributed by atoms with Crippen LogP contribution in [0.15, 0.2) is 42.5 Å². The van der Waals surface area contributed by atoms with Crippen molar-refractivity contribution in [1.29, 1.82) is 0 Å². The Morgan fingerprint density at radius 2 is 1.83 bits per heavy atom. The highest BCUT2D eigenvalue weighted by molar-refractivity contribution is 7.22. The smallest absolute Gasteiger partial charge is 0.260 e. The summed E-state index contributed by atoms with van der Waals surface area (Å²) in [4.78, 5) is 22.0. The molecule has 0 bridgehead atoms. The molecule has 0 saturated heterocycles. The van der Waals surface area contributed by atoms with Crippen molar-refractivity contribution >= 4 is 32.6 Å². The van der Waals surface area contributed by atoms with Gasteiger partial charge in [-0.15, -0.1) is 0 Å². The minimum atomic E-state index is -0.0354. The number of anilines is 1. The van der Waals surface area contributed by atoms with Gasteiger partial charge in [-0.1, -0.05) is 37.7 Å². The molecule has 0 aliphatic carbocycles. The Morgan fingerprint density at radius 3 is 2.50 bits per heavy atom. The summed E-state index contributed by atoms with van der Waals surface area (Å²) in [5, 5.41) is 0.744. The summed E-state index contributed by atoms with van der Waals surface area (Å²) in [6, 6.07) is 13.8. The van der Waals surface area contributed by atoms with Crippen LogP contribution in [0, 0.1) is 0 Å². The number of carbonyl (C=O) groups is 1. The number of fused-ring (bicyclic) bond motifs is 1. The number of hydrogen-bond donors (Lipinski definition) is 0. The topological polar surface area (TPSA) is 45.7 Å². The van der Waals surface area contributed by atoms with E-state index in [4.69, 9.17) is 9.72 Å². The number of nitrogens with zero attached hydrogens (tertiary/aromatic N) is 3. The molecule has 1 amide bonds. The van der Waals surface area contributed by atoms with Crippen molar-refractivity contribution in [3.05, 3.63) is 53.6 Å². The van der Waals surface area contributed by atoms with Crippen LogP contribution >= 0.6 is 11.3 Å². The van der Waals surface area contributed by atoms with Crippen LogP contribution in [0.4, 0.5) is 5.13 Å². The Kier molecular flexibility index (Phi) is 7.82. The molecule has 0 spiro atoms. The number of likely N-dealkylation sites (N-methyl/N-ethyl adjacent to an activating group) is 1. The van der Waals surface area contributed by atoms with Gasteiger partial charge in [0.2, 0.25) is 0 Å². The minimum Gasteiger partial charge on any atom is -0.494 e. The molecule has 2 aromatic carbocycles. The average Bonchev–Trinajstić information content (AvgIpc) is 3.17. The van der Waals surface area contributed by atoms with Gasteiger partial charge in [0.1, 0.15) is 5.75 Å². The summed E-state index contributed by atoms with van der Waals surface area (Å²) >= 11 is 1.58. The van der Waals surface area contributed by atoms with Crippen LogP contribution < -0.4 is 9.64 Å². The first-order chi connectivity index (χ1) is 14.5. The predicted molar refractivity (Wildman–Crippen MR) is 126 cm³/mol. The largest absolute Gasteiger partial charge is 0.494 e. The molecular formula is C24H31N3O2S. The lowest BCUT2D eigenvalue weighted by atomic mass is 10.2. The van der Waals surface area contributed by atoms with Gasteiger partial charge in [-0.3, -0.25) is 9.69 Å². The van der Waals surface area contributed by atoms with Crippen LogP contribution in [0.5, 0.6) is 5.75 Å². The molecule has 0 saturated carbocycles. The Morgan fingerprint density at radius 1 is 1.07 bits per heavy atom. The number of hydrogen-bond acceptors (Lipinski definition) is 5. The molecule has 0 aliphatic heterocycles. The van der Waals surface area contributed by atoms with Gasteiger partial charge in [0, 0.05) is 18.7 Å². The van der Waals surface area contributed by atoms with Crippen LogP contribution in [0.1, 0.15) is 42.6 Å². The van der Waals surface area contributed by atoms with Crippen molar-refractivity contribution < 1.29 is 9.53 Å². The Hall–Kier alpha value is -2.44. The number of aryl methyl sites for hydroxylation is 1. The summed E-state index contributed by atoms with van der Waals surface area (Å²) in [6.45, 7) is 6.33. The maximum absolute atomic E-state index is 13.4. The molecule has 0 unspecified atom stereocenters. The summed E-state index contributed by atoms with van der Waals surface area (Å²) in [5.41, 5.74) is 2.86. The first kappa shape index (κ1) is 22.2. The third-order valence-corrected chi connectivity index (χ3v) is 6.01. The number of aromatic nitrogens is 1. The summed E-state index contributed by atoms with van der Waals surface area (Å²) in [6.07, 6.45) is 3.11. The number of thiazole rings is 1. The average molecular weight is 426 g/mol. The van der Waals surface area contributed by atoms with Gasteiger partial charge in [0.25, 0.3) is 5.91 Å². The molecule has 3 aromatic rings. The highest BCUT2D eigenvalue weighted by Gasteiger charge is 2.21.